The van der Waals surface area contributed by atoms with Gasteiger partial charge in [-0.2, -0.15) is 0 Å². The largest absolute Gasteiger partial charge is 0.394 e. The van der Waals surface area contributed by atoms with Crippen LogP contribution in [0, 0.1) is 0 Å². The summed E-state index contributed by atoms with van der Waals surface area (Å²) in [6.45, 7) is 0.259. The molecule has 0 fully saturated rings. The summed E-state index contributed by atoms with van der Waals surface area (Å²) < 4.78 is 0. The monoisotopic (exact) mass is 223 g/mol. The number of carbonyl (C=O) groups is 1. The lowest BCUT2D eigenvalue weighted by molar-refractivity contribution is -0.124. The number of rotatable bonds is 6. The zero-order valence-corrected chi connectivity index (χ0v) is 8.37. The van der Waals surface area contributed by atoms with Crippen molar-refractivity contribution >= 4 is 5.91 Å². The smallest absolute Gasteiger partial charge is 0.216 e. The molecule has 0 aromatic heterocycles. The van der Waals surface area contributed by atoms with Crippen molar-refractivity contribution in [1.29, 1.82) is 0 Å². The van der Waals surface area contributed by atoms with Crippen LogP contribution >= 0.6 is 0 Å². The molecule has 0 aliphatic carbocycles. The van der Waals surface area contributed by atoms with Gasteiger partial charge in [-0.15, -0.1) is 0 Å². The Morgan fingerprint density at radius 2 is 1.60 bits per heavy atom. The number of nitrogens with one attached hydrogen (secondary N) is 1. The van der Waals surface area contributed by atoms with Crippen molar-refractivity contribution in [3.8, 4) is 0 Å². The number of amides is 1. The van der Waals surface area contributed by atoms with Crippen molar-refractivity contribution in [1.82, 2.24) is 5.32 Å². The molecule has 0 radical (unpaired) electrons. The predicted molar refractivity (Wildman–Crippen MR) is 49.8 cm³/mol. The molecule has 7 heteroatoms. The fourth-order valence-electron chi connectivity index (χ4n) is 0.932. The first-order valence-corrected chi connectivity index (χ1v) is 4.47. The van der Waals surface area contributed by atoms with E-state index in [-0.39, 0.29) is 6.54 Å². The molecular formula is C8H17NO6. The van der Waals surface area contributed by atoms with Gasteiger partial charge in [-0.3, -0.25) is 4.79 Å². The Morgan fingerprint density at radius 3 is 2.00 bits per heavy atom. The molecule has 0 bridgehead atoms. The number of hydrogen-bond donors (Lipinski definition) is 6. The van der Waals surface area contributed by atoms with Crippen LogP contribution in [0.1, 0.15) is 6.92 Å². The average Bonchev–Trinajstić information content (AvgIpc) is 2.22. The summed E-state index contributed by atoms with van der Waals surface area (Å²) in [5.41, 5.74) is 0. The van der Waals surface area contributed by atoms with Crippen molar-refractivity contribution in [3.63, 3.8) is 0 Å². The fourth-order valence-corrected chi connectivity index (χ4v) is 0.932. The van der Waals surface area contributed by atoms with Gasteiger partial charge in [-0.05, 0) is 0 Å². The molecule has 7 nitrogen and oxygen atoms in total. The molecule has 0 aromatic carbocycles. The summed E-state index contributed by atoms with van der Waals surface area (Å²) >= 11 is 0. The highest BCUT2D eigenvalue weighted by Crippen LogP contribution is 2.04. The lowest BCUT2D eigenvalue weighted by Crippen LogP contribution is -2.49. The van der Waals surface area contributed by atoms with E-state index in [1.54, 1.807) is 0 Å². The van der Waals surface area contributed by atoms with E-state index in [2.05, 4.69) is 5.32 Å². The van der Waals surface area contributed by atoms with E-state index in [1.807, 2.05) is 0 Å². The van der Waals surface area contributed by atoms with E-state index >= 15 is 0 Å². The van der Waals surface area contributed by atoms with Crippen LogP contribution in [0.25, 0.3) is 0 Å². The summed E-state index contributed by atoms with van der Waals surface area (Å²) in [6.07, 6.45) is -6.25. The van der Waals surface area contributed by atoms with Crippen LogP contribution in [0.2, 0.25) is 0 Å². The molecule has 6 N–H and O–H groups in total. The molecule has 1 amide bonds. The summed E-state index contributed by atoms with van der Waals surface area (Å²) in [7, 11) is 0. The first-order valence-electron chi connectivity index (χ1n) is 4.47. The molecular weight excluding hydrogens is 206 g/mol. The molecule has 0 unspecified atom stereocenters. The fraction of sp³-hybridized carbons (Fsp3) is 0.875. The van der Waals surface area contributed by atoms with Gasteiger partial charge in [0.25, 0.3) is 0 Å². The first kappa shape index (κ1) is 14.3. The number of aliphatic hydroxyl groups is 5. The van der Waals surface area contributed by atoms with E-state index in [4.69, 9.17) is 10.2 Å². The molecule has 0 aromatic rings. The van der Waals surface area contributed by atoms with E-state index in [0.29, 0.717) is 0 Å². The highest BCUT2D eigenvalue weighted by atomic mass is 16.4. The quantitative estimate of drug-likeness (QED) is 0.278. The predicted octanol–water partition coefficient (Wildman–Crippen LogP) is -3.44. The number of carbonyl (C=O) groups excluding carboxylic acids is 1. The molecule has 15 heavy (non-hydrogen) atoms. The molecule has 0 saturated carbocycles. The highest BCUT2D eigenvalue weighted by Gasteiger charge is 2.29. The maximum Gasteiger partial charge on any atom is 0.216 e. The topological polar surface area (TPSA) is 130 Å². The molecule has 0 aliphatic heterocycles. The van der Waals surface area contributed by atoms with Gasteiger partial charge < -0.3 is 30.8 Å². The van der Waals surface area contributed by atoms with Gasteiger partial charge in [-0.1, -0.05) is 0 Å². The molecule has 90 valence electrons. The molecule has 4 atom stereocenters. The van der Waals surface area contributed by atoms with E-state index < -0.39 is 36.9 Å². The van der Waals surface area contributed by atoms with Crippen molar-refractivity contribution in [3.05, 3.63) is 0 Å². The Labute approximate surface area is 87.0 Å². The Morgan fingerprint density at radius 1 is 1.13 bits per heavy atom. The molecule has 0 saturated heterocycles. The second-order valence-electron chi connectivity index (χ2n) is 3.24. The van der Waals surface area contributed by atoms with Gasteiger partial charge in [-0.25, -0.2) is 0 Å². The Bertz CT molecular complexity index is 200. The maximum atomic E-state index is 10.5. The van der Waals surface area contributed by atoms with Gasteiger partial charge in [0.05, 0.1) is 12.7 Å². The minimum atomic E-state index is -1.67. The SMILES string of the molecule is CC(=O)NC[C@H](O)[C@@H](O)[C@H](O)[C@H](O)CO. The Kier molecular flexibility index (Phi) is 6.37. The highest BCUT2D eigenvalue weighted by molar-refractivity contribution is 5.72. The van der Waals surface area contributed by atoms with E-state index in [0.717, 1.165) is 0 Å². The van der Waals surface area contributed by atoms with Gasteiger partial charge in [0.2, 0.25) is 5.91 Å². The Hall–Kier alpha value is -0.730. The average molecular weight is 223 g/mol. The van der Waals surface area contributed by atoms with E-state index in [9.17, 15) is 20.1 Å². The molecule has 0 spiro atoms. The molecule has 0 rings (SSSR count). The minimum Gasteiger partial charge on any atom is -0.394 e. The van der Waals surface area contributed by atoms with Gasteiger partial charge in [0, 0.05) is 13.5 Å². The van der Waals surface area contributed by atoms with Crippen molar-refractivity contribution < 1.29 is 30.3 Å². The third kappa shape index (κ3) is 5.05. The zero-order chi connectivity index (χ0) is 12.0. The normalized spacial score (nSPS) is 19.1. The van der Waals surface area contributed by atoms with Gasteiger partial charge in [0.1, 0.15) is 18.3 Å². The van der Waals surface area contributed by atoms with Gasteiger partial charge >= 0.3 is 0 Å². The maximum absolute atomic E-state index is 10.5. The Balaban J connectivity index is 4.06. The second-order valence-corrected chi connectivity index (χ2v) is 3.24. The van der Waals surface area contributed by atoms with Crippen molar-refractivity contribution in [2.24, 2.45) is 0 Å². The number of hydrogen-bond acceptors (Lipinski definition) is 6. The lowest BCUT2D eigenvalue weighted by Gasteiger charge is -2.25. The third-order valence-corrected chi connectivity index (χ3v) is 1.89. The second kappa shape index (κ2) is 6.70. The van der Waals surface area contributed by atoms with Crippen molar-refractivity contribution in [2.45, 2.75) is 31.3 Å². The summed E-state index contributed by atoms with van der Waals surface area (Å²) in [5, 5.41) is 47.4. The van der Waals surface area contributed by atoms with Crippen molar-refractivity contribution in [2.75, 3.05) is 13.2 Å². The summed E-state index contributed by atoms with van der Waals surface area (Å²) in [6, 6.07) is 0. The first-order chi connectivity index (χ1) is 6.90. The number of aliphatic hydroxyl groups excluding tert-OH is 5. The van der Waals surface area contributed by atoms with Crippen LogP contribution in [-0.4, -0.2) is 69.0 Å². The van der Waals surface area contributed by atoms with Crippen LogP contribution < -0.4 is 5.32 Å². The summed E-state index contributed by atoms with van der Waals surface area (Å²) in [4.78, 5) is 10.5. The van der Waals surface area contributed by atoms with Crippen LogP contribution in [0.15, 0.2) is 0 Å². The van der Waals surface area contributed by atoms with Crippen LogP contribution in [0.4, 0.5) is 0 Å². The molecule has 0 heterocycles. The third-order valence-electron chi connectivity index (χ3n) is 1.89. The summed E-state index contributed by atoms with van der Waals surface area (Å²) in [5.74, 6) is -0.390. The van der Waals surface area contributed by atoms with Crippen LogP contribution in [0.3, 0.4) is 0 Å². The lowest BCUT2D eigenvalue weighted by atomic mass is 10.0. The minimum absolute atomic E-state index is 0.244. The van der Waals surface area contributed by atoms with E-state index in [1.165, 1.54) is 6.92 Å². The zero-order valence-electron chi connectivity index (χ0n) is 8.37. The standard InChI is InChI=1S/C8H17NO6/c1-4(11)9-2-5(12)7(14)8(15)6(13)3-10/h5-8,10,12-15H,2-3H2,1H3,(H,9,11)/t5-,6+,7+,8+/m0/s1. The van der Waals surface area contributed by atoms with Crippen LogP contribution in [0.5, 0.6) is 0 Å². The van der Waals surface area contributed by atoms with Crippen LogP contribution in [-0.2, 0) is 4.79 Å². The van der Waals surface area contributed by atoms with Gasteiger partial charge in [0.15, 0.2) is 0 Å². The molecule has 0 aliphatic rings.